The molecular formula is C17H16F5N5O2. The van der Waals surface area contributed by atoms with Crippen LogP contribution in [0.4, 0.5) is 32.4 Å². The first kappa shape index (κ1) is 20.6. The number of anilines is 1. The van der Waals surface area contributed by atoms with Gasteiger partial charge in [-0.2, -0.15) is 18.3 Å². The van der Waals surface area contributed by atoms with Gasteiger partial charge in [0.2, 0.25) is 0 Å². The highest BCUT2D eigenvalue weighted by molar-refractivity contribution is 5.95. The fourth-order valence-electron chi connectivity index (χ4n) is 2.74. The molecule has 2 N–H and O–H groups in total. The third kappa shape index (κ3) is 4.46. The van der Waals surface area contributed by atoms with E-state index < -0.39 is 35.8 Å². The first-order valence-corrected chi connectivity index (χ1v) is 8.49. The SMILES string of the molecule is CC(NC(=O)c1cnn2c1CN(C(=O)Nc1ccc(F)c(F)c1)CC2)C(F)(F)F. The largest absolute Gasteiger partial charge is 0.408 e. The number of halogens is 5. The minimum Gasteiger partial charge on any atom is -0.340 e. The van der Waals surface area contributed by atoms with E-state index >= 15 is 0 Å². The predicted molar refractivity (Wildman–Crippen MR) is 91.0 cm³/mol. The number of nitrogens with zero attached hydrogens (tertiary/aromatic N) is 3. The second-order valence-electron chi connectivity index (χ2n) is 6.45. The van der Waals surface area contributed by atoms with E-state index in [-0.39, 0.29) is 36.6 Å². The van der Waals surface area contributed by atoms with Crippen LogP contribution in [0.25, 0.3) is 0 Å². The van der Waals surface area contributed by atoms with E-state index in [1.165, 1.54) is 15.6 Å². The lowest BCUT2D eigenvalue weighted by Crippen LogP contribution is -2.44. The molecule has 0 saturated heterocycles. The lowest BCUT2D eigenvalue weighted by Gasteiger charge is -2.28. The van der Waals surface area contributed by atoms with E-state index in [4.69, 9.17) is 0 Å². The van der Waals surface area contributed by atoms with Gasteiger partial charge in [0.25, 0.3) is 5.91 Å². The summed E-state index contributed by atoms with van der Waals surface area (Å²) in [4.78, 5) is 25.9. The molecule has 1 aromatic carbocycles. The number of hydrogen-bond donors (Lipinski definition) is 2. The van der Waals surface area contributed by atoms with Crippen molar-refractivity contribution in [2.45, 2.75) is 32.2 Å². The summed E-state index contributed by atoms with van der Waals surface area (Å²) >= 11 is 0. The Balaban J connectivity index is 1.71. The number of nitrogens with one attached hydrogen (secondary N) is 2. The van der Waals surface area contributed by atoms with Gasteiger partial charge in [-0.25, -0.2) is 13.6 Å². The van der Waals surface area contributed by atoms with Crippen LogP contribution >= 0.6 is 0 Å². The minimum atomic E-state index is -4.60. The van der Waals surface area contributed by atoms with Gasteiger partial charge in [-0.15, -0.1) is 0 Å². The molecular weight excluding hydrogens is 401 g/mol. The molecule has 0 radical (unpaired) electrons. The van der Waals surface area contributed by atoms with Crippen molar-refractivity contribution < 1.29 is 31.5 Å². The Morgan fingerprint density at radius 3 is 2.55 bits per heavy atom. The Labute approximate surface area is 161 Å². The monoisotopic (exact) mass is 417 g/mol. The number of fused-ring (bicyclic) bond motifs is 1. The highest BCUT2D eigenvalue weighted by atomic mass is 19.4. The maximum Gasteiger partial charge on any atom is 0.408 e. The molecule has 0 spiro atoms. The van der Waals surface area contributed by atoms with Gasteiger partial charge < -0.3 is 15.5 Å². The number of carbonyl (C=O) groups excluding carboxylic acids is 2. The van der Waals surface area contributed by atoms with Crippen LogP contribution in [0, 0.1) is 11.6 Å². The molecule has 0 saturated carbocycles. The van der Waals surface area contributed by atoms with E-state index in [0.717, 1.165) is 25.3 Å². The Morgan fingerprint density at radius 2 is 1.90 bits per heavy atom. The van der Waals surface area contributed by atoms with Gasteiger partial charge in [-0.1, -0.05) is 0 Å². The fourth-order valence-corrected chi connectivity index (χ4v) is 2.74. The molecule has 12 heteroatoms. The molecule has 1 aliphatic rings. The van der Waals surface area contributed by atoms with E-state index in [1.807, 2.05) is 5.32 Å². The second-order valence-corrected chi connectivity index (χ2v) is 6.45. The van der Waals surface area contributed by atoms with Gasteiger partial charge >= 0.3 is 12.2 Å². The fraction of sp³-hybridized carbons (Fsp3) is 0.353. The van der Waals surface area contributed by atoms with Crippen LogP contribution in [0.15, 0.2) is 24.4 Å². The highest BCUT2D eigenvalue weighted by Crippen LogP contribution is 2.22. The molecule has 156 valence electrons. The normalized spacial score (nSPS) is 14.9. The molecule has 3 rings (SSSR count). The molecule has 3 amide bonds. The van der Waals surface area contributed by atoms with Crippen molar-refractivity contribution in [2.75, 3.05) is 11.9 Å². The number of hydrogen-bond acceptors (Lipinski definition) is 3. The summed E-state index contributed by atoms with van der Waals surface area (Å²) in [7, 11) is 0. The van der Waals surface area contributed by atoms with Gasteiger partial charge in [-0.05, 0) is 19.1 Å². The number of amides is 3. The zero-order valence-electron chi connectivity index (χ0n) is 15.1. The Bertz CT molecular complexity index is 943. The average Bonchev–Trinajstić information content (AvgIpc) is 3.07. The van der Waals surface area contributed by atoms with E-state index in [2.05, 4.69) is 10.4 Å². The minimum absolute atomic E-state index is 0.0324. The number of benzene rings is 1. The van der Waals surface area contributed by atoms with Gasteiger partial charge in [0.05, 0.1) is 30.5 Å². The van der Waals surface area contributed by atoms with Crippen LogP contribution in [0.3, 0.4) is 0 Å². The molecule has 0 fully saturated rings. The van der Waals surface area contributed by atoms with Crippen molar-refractivity contribution in [2.24, 2.45) is 0 Å². The van der Waals surface area contributed by atoms with Gasteiger partial charge in [0.1, 0.15) is 6.04 Å². The van der Waals surface area contributed by atoms with Crippen LogP contribution in [0.2, 0.25) is 0 Å². The van der Waals surface area contributed by atoms with Crippen LogP contribution in [0.1, 0.15) is 23.0 Å². The molecule has 2 aromatic rings. The average molecular weight is 417 g/mol. The summed E-state index contributed by atoms with van der Waals surface area (Å²) in [6.07, 6.45) is -3.45. The maximum atomic E-state index is 13.3. The number of urea groups is 1. The van der Waals surface area contributed by atoms with E-state index in [9.17, 15) is 31.5 Å². The standard InChI is InChI=1S/C17H16F5N5O2/c1-9(17(20,21)22)24-15(28)11-7-23-27-5-4-26(8-14(11)27)16(29)25-10-2-3-12(18)13(19)6-10/h2-3,6-7,9H,4-5,8H2,1H3,(H,24,28)(H,25,29). The molecule has 7 nitrogen and oxygen atoms in total. The third-order valence-electron chi connectivity index (χ3n) is 4.41. The van der Waals surface area contributed by atoms with Gasteiger partial charge in [0, 0.05) is 18.3 Å². The first-order chi connectivity index (χ1) is 13.6. The summed E-state index contributed by atoms with van der Waals surface area (Å²) in [6.45, 7) is 1.13. The maximum absolute atomic E-state index is 13.3. The van der Waals surface area contributed by atoms with Crippen molar-refractivity contribution in [1.29, 1.82) is 0 Å². The summed E-state index contributed by atoms with van der Waals surface area (Å²) in [5.74, 6) is -3.15. The van der Waals surface area contributed by atoms with Gasteiger partial charge in [0.15, 0.2) is 11.6 Å². The quantitative estimate of drug-likeness (QED) is 0.754. The zero-order valence-corrected chi connectivity index (χ0v) is 15.1. The van der Waals surface area contributed by atoms with Crippen LogP contribution in [-0.4, -0.2) is 45.4 Å². The molecule has 1 unspecified atom stereocenters. The third-order valence-corrected chi connectivity index (χ3v) is 4.41. The van der Waals surface area contributed by atoms with E-state index in [0.29, 0.717) is 0 Å². The van der Waals surface area contributed by atoms with Gasteiger partial charge in [-0.3, -0.25) is 9.48 Å². The summed E-state index contributed by atoms with van der Waals surface area (Å²) < 4.78 is 65.7. The molecule has 1 aromatic heterocycles. The van der Waals surface area contributed by atoms with Crippen molar-refractivity contribution in [3.05, 3.63) is 47.3 Å². The molecule has 1 aliphatic heterocycles. The van der Waals surface area contributed by atoms with Crippen molar-refractivity contribution in [3.8, 4) is 0 Å². The molecule has 2 heterocycles. The Hall–Kier alpha value is -3.18. The van der Waals surface area contributed by atoms with Crippen LogP contribution < -0.4 is 10.6 Å². The number of aromatic nitrogens is 2. The van der Waals surface area contributed by atoms with Crippen molar-refractivity contribution in [3.63, 3.8) is 0 Å². The molecule has 0 aliphatic carbocycles. The number of carbonyl (C=O) groups is 2. The number of alkyl halides is 3. The number of rotatable bonds is 3. The summed E-state index contributed by atoms with van der Waals surface area (Å²) in [5.41, 5.74) is 0.222. The smallest absolute Gasteiger partial charge is 0.340 e. The summed E-state index contributed by atoms with van der Waals surface area (Å²) in [6, 6.07) is 0.168. The lowest BCUT2D eigenvalue weighted by molar-refractivity contribution is -0.149. The van der Waals surface area contributed by atoms with Crippen LogP contribution in [0.5, 0.6) is 0 Å². The molecule has 0 bridgehead atoms. The summed E-state index contributed by atoms with van der Waals surface area (Å²) in [5, 5.41) is 8.23. The van der Waals surface area contributed by atoms with Crippen molar-refractivity contribution >= 4 is 17.6 Å². The van der Waals surface area contributed by atoms with E-state index in [1.54, 1.807) is 0 Å². The molecule has 29 heavy (non-hydrogen) atoms. The Morgan fingerprint density at radius 1 is 1.17 bits per heavy atom. The van der Waals surface area contributed by atoms with Crippen LogP contribution in [-0.2, 0) is 13.1 Å². The second kappa shape index (κ2) is 7.68. The Kier molecular flexibility index (Phi) is 5.44. The lowest BCUT2D eigenvalue weighted by atomic mass is 10.2. The topological polar surface area (TPSA) is 79.3 Å². The predicted octanol–water partition coefficient (Wildman–Crippen LogP) is 2.89. The highest BCUT2D eigenvalue weighted by Gasteiger charge is 2.38. The van der Waals surface area contributed by atoms with Crippen molar-refractivity contribution in [1.82, 2.24) is 20.0 Å². The first-order valence-electron chi connectivity index (χ1n) is 8.49. The zero-order chi connectivity index (χ0) is 21.3. The molecule has 1 atom stereocenters.